The number of nitrogens with two attached hydrogens (primary N) is 1. The number of aromatic nitrogens is 3. The van der Waals surface area contributed by atoms with Crippen molar-refractivity contribution in [2.45, 2.75) is 27.7 Å². The van der Waals surface area contributed by atoms with Gasteiger partial charge in [0.05, 0.1) is 11.0 Å². The van der Waals surface area contributed by atoms with E-state index in [2.05, 4.69) is 19.2 Å². The van der Waals surface area contributed by atoms with Crippen LogP contribution in [-0.4, -0.2) is 20.4 Å². The first-order valence-corrected chi connectivity index (χ1v) is 10.9. The molecule has 2 heterocycles. The molecule has 0 bridgehead atoms. The van der Waals surface area contributed by atoms with Crippen molar-refractivity contribution in [1.29, 1.82) is 0 Å². The monoisotopic (exact) mass is 435 g/mol. The molecule has 164 valence electrons. The summed E-state index contributed by atoms with van der Waals surface area (Å²) in [6.07, 6.45) is 0. The number of benzene rings is 3. The molecule has 6 nitrogen and oxygen atoms in total. The van der Waals surface area contributed by atoms with E-state index in [0.717, 1.165) is 27.9 Å². The Morgan fingerprint density at radius 2 is 1.45 bits per heavy atom. The smallest absolute Gasteiger partial charge is 0.261 e. The maximum atomic E-state index is 13.5. The van der Waals surface area contributed by atoms with Gasteiger partial charge in [-0.25, -0.2) is 9.97 Å². The van der Waals surface area contributed by atoms with Crippen LogP contribution in [0.5, 0.6) is 0 Å². The minimum Gasteiger partial charge on any atom is -0.384 e. The molecule has 3 aromatic carbocycles. The molecule has 0 atom stereocenters. The van der Waals surface area contributed by atoms with Gasteiger partial charge in [-0.15, -0.1) is 0 Å². The Kier molecular flexibility index (Phi) is 4.86. The minimum atomic E-state index is -0.312. The number of para-hydroxylation sites is 2. The summed E-state index contributed by atoms with van der Waals surface area (Å²) in [5.74, 6) is -0.00203. The molecule has 33 heavy (non-hydrogen) atoms. The Bertz CT molecular complexity index is 1560. The topological polar surface area (TPSA) is 85.8 Å². The summed E-state index contributed by atoms with van der Waals surface area (Å²) in [7, 11) is 0. The molecule has 0 fully saturated rings. The molecule has 2 aromatic heterocycles. The SMILES string of the molecule is Cc1ccc(NC(=O)c2c(N)n(-c3ccc(C)c(C)c3)c3nc4ccccc4nc23)cc1C. The molecule has 1 amide bonds. The summed E-state index contributed by atoms with van der Waals surface area (Å²) in [6, 6.07) is 19.5. The number of rotatable bonds is 3. The summed E-state index contributed by atoms with van der Waals surface area (Å²) in [4.78, 5) is 23.1. The average Bonchev–Trinajstić information content (AvgIpc) is 3.07. The summed E-state index contributed by atoms with van der Waals surface area (Å²) in [6.45, 7) is 8.17. The molecular weight excluding hydrogens is 410 g/mol. The molecule has 6 heteroatoms. The lowest BCUT2D eigenvalue weighted by Gasteiger charge is -2.11. The fourth-order valence-corrected chi connectivity index (χ4v) is 4.02. The third-order valence-electron chi connectivity index (χ3n) is 6.24. The summed E-state index contributed by atoms with van der Waals surface area (Å²) >= 11 is 0. The van der Waals surface area contributed by atoms with Gasteiger partial charge in [0.1, 0.15) is 16.9 Å². The minimum absolute atomic E-state index is 0.310. The maximum absolute atomic E-state index is 13.5. The number of amides is 1. The zero-order chi connectivity index (χ0) is 23.3. The maximum Gasteiger partial charge on any atom is 0.261 e. The standard InChI is InChI=1S/C27H25N5O/c1-15-9-11-19(13-17(15)3)29-27(33)23-24-26(31-22-8-6-5-7-21(22)30-24)32(25(23)28)20-12-10-16(2)18(4)14-20/h5-14H,28H2,1-4H3,(H,29,33). The van der Waals surface area contributed by atoms with E-state index in [9.17, 15) is 4.79 Å². The second-order valence-electron chi connectivity index (χ2n) is 8.50. The lowest BCUT2D eigenvalue weighted by molar-refractivity contribution is 0.102. The first-order chi connectivity index (χ1) is 15.8. The van der Waals surface area contributed by atoms with Crippen LogP contribution in [0.15, 0.2) is 60.7 Å². The van der Waals surface area contributed by atoms with Crippen LogP contribution in [0.25, 0.3) is 27.9 Å². The number of carbonyl (C=O) groups is 1. The van der Waals surface area contributed by atoms with E-state index >= 15 is 0 Å². The Morgan fingerprint density at radius 3 is 2.12 bits per heavy atom. The van der Waals surface area contributed by atoms with Crippen molar-refractivity contribution in [3.8, 4) is 5.69 Å². The number of nitrogens with one attached hydrogen (secondary N) is 1. The highest BCUT2D eigenvalue weighted by molar-refractivity contribution is 6.16. The Balaban J connectivity index is 1.74. The highest BCUT2D eigenvalue weighted by Crippen LogP contribution is 2.32. The van der Waals surface area contributed by atoms with Crippen molar-refractivity contribution in [2.75, 3.05) is 11.1 Å². The van der Waals surface area contributed by atoms with Gasteiger partial charge in [-0.05, 0) is 86.3 Å². The van der Waals surface area contributed by atoms with Crippen molar-refractivity contribution in [3.05, 3.63) is 88.5 Å². The van der Waals surface area contributed by atoms with Gasteiger partial charge in [0, 0.05) is 11.4 Å². The average molecular weight is 436 g/mol. The van der Waals surface area contributed by atoms with E-state index in [1.54, 1.807) is 0 Å². The molecule has 0 radical (unpaired) electrons. The van der Waals surface area contributed by atoms with Gasteiger partial charge in [-0.2, -0.15) is 0 Å². The second kappa shape index (κ2) is 7.74. The molecule has 0 spiro atoms. The number of fused-ring (bicyclic) bond motifs is 2. The van der Waals surface area contributed by atoms with E-state index in [1.165, 1.54) is 5.56 Å². The third-order valence-corrected chi connectivity index (χ3v) is 6.24. The van der Waals surface area contributed by atoms with Crippen LogP contribution < -0.4 is 11.1 Å². The fourth-order valence-electron chi connectivity index (χ4n) is 4.02. The predicted molar refractivity (Wildman–Crippen MR) is 134 cm³/mol. The molecule has 0 unspecified atom stereocenters. The van der Waals surface area contributed by atoms with Crippen molar-refractivity contribution < 1.29 is 4.79 Å². The zero-order valence-corrected chi connectivity index (χ0v) is 19.1. The number of hydrogen-bond donors (Lipinski definition) is 2. The molecule has 0 saturated heterocycles. The first-order valence-electron chi connectivity index (χ1n) is 10.9. The molecule has 3 N–H and O–H groups in total. The number of hydrogen-bond acceptors (Lipinski definition) is 4. The number of nitrogen functional groups attached to an aromatic ring is 1. The fraction of sp³-hybridized carbons (Fsp3) is 0.148. The van der Waals surface area contributed by atoms with E-state index in [0.29, 0.717) is 33.7 Å². The molecule has 0 aliphatic carbocycles. The number of anilines is 2. The number of carbonyl (C=O) groups excluding carboxylic acids is 1. The van der Waals surface area contributed by atoms with Gasteiger partial charge in [0.25, 0.3) is 5.91 Å². The summed E-state index contributed by atoms with van der Waals surface area (Å²) < 4.78 is 1.82. The first kappa shape index (κ1) is 20.7. The van der Waals surface area contributed by atoms with Crippen LogP contribution >= 0.6 is 0 Å². The number of aryl methyl sites for hydroxylation is 4. The van der Waals surface area contributed by atoms with Crippen molar-refractivity contribution in [2.24, 2.45) is 0 Å². The Hall–Kier alpha value is -4.19. The summed E-state index contributed by atoms with van der Waals surface area (Å²) in [5, 5.41) is 2.99. The van der Waals surface area contributed by atoms with Crippen LogP contribution in [-0.2, 0) is 0 Å². The normalized spacial score (nSPS) is 11.3. The van der Waals surface area contributed by atoms with E-state index in [1.807, 2.05) is 79.1 Å². The summed E-state index contributed by atoms with van der Waals surface area (Å²) in [5.41, 5.74) is 15.6. The van der Waals surface area contributed by atoms with Gasteiger partial charge in [-0.1, -0.05) is 24.3 Å². The Labute approximate surface area is 192 Å². The van der Waals surface area contributed by atoms with Crippen molar-refractivity contribution in [1.82, 2.24) is 14.5 Å². The largest absolute Gasteiger partial charge is 0.384 e. The van der Waals surface area contributed by atoms with Gasteiger partial charge in [-0.3, -0.25) is 9.36 Å². The van der Waals surface area contributed by atoms with E-state index in [4.69, 9.17) is 15.7 Å². The van der Waals surface area contributed by atoms with Crippen LogP contribution in [0.3, 0.4) is 0 Å². The second-order valence-corrected chi connectivity index (χ2v) is 8.50. The van der Waals surface area contributed by atoms with Crippen molar-refractivity contribution in [3.63, 3.8) is 0 Å². The van der Waals surface area contributed by atoms with E-state index < -0.39 is 0 Å². The van der Waals surface area contributed by atoms with Crippen molar-refractivity contribution >= 4 is 39.6 Å². The van der Waals surface area contributed by atoms with Gasteiger partial charge in [0.2, 0.25) is 0 Å². The molecule has 5 rings (SSSR count). The molecule has 0 saturated carbocycles. The lowest BCUT2D eigenvalue weighted by Crippen LogP contribution is -2.14. The molecular formula is C27H25N5O. The van der Waals surface area contributed by atoms with Crippen LogP contribution in [0.4, 0.5) is 11.5 Å². The Morgan fingerprint density at radius 1 is 0.818 bits per heavy atom. The third kappa shape index (κ3) is 3.49. The van der Waals surface area contributed by atoms with Gasteiger partial charge >= 0.3 is 0 Å². The van der Waals surface area contributed by atoms with Crippen LogP contribution in [0.1, 0.15) is 32.6 Å². The van der Waals surface area contributed by atoms with Crippen LogP contribution in [0.2, 0.25) is 0 Å². The molecule has 0 aliphatic heterocycles. The van der Waals surface area contributed by atoms with Gasteiger partial charge < -0.3 is 11.1 Å². The highest BCUT2D eigenvalue weighted by Gasteiger charge is 2.25. The molecule has 0 aliphatic rings. The quantitative estimate of drug-likeness (QED) is 0.384. The van der Waals surface area contributed by atoms with Gasteiger partial charge in [0.15, 0.2) is 5.65 Å². The number of nitrogens with zero attached hydrogens (tertiary/aromatic N) is 3. The zero-order valence-electron chi connectivity index (χ0n) is 19.1. The van der Waals surface area contributed by atoms with E-state index in [-0.39, 0.29) is 5.91 Å². The predicted octanol–water partition coefficient (Wildman–Crippen LogP) is 5.64. The highest BCUT2D eigenvalue weighted by atomic mass is 16.1. The molecule has 5 aromatic rings. The van der Waals surface area contributed by atoms with Crippen LogP contribution in [0, 0.1) is 27.7 Å². The lowest BCUT2D eigenvalue weighted by atomic mass is 10.1.